The first-order valence-corrected chi connectivity index (χ1v) is 6.53. The Morgan fingerprint density at radius 3 is 2.71 bits per heavy atom. The minimum Gasteiger partial charge on any atom is -0.490 e. The summed E-state index contributed by atoms with van der Waals surface area (Å²) in [6, 6.07) is 7.45. The van der Waals surface area contributed by atoms with Crippen molar-refractivity contribution in [3.8, 4) is 5.75 Å². The number of nitrogens with zero attached hydrogens (tertiary/aromatic N) is 2. The van der Waals surface area contributed by atoms with Crippen LogP contribution in [0.3, 0.4) is 0 Å². The van der Waals surface area contributed by atoms with Crippen molar-refractivity contribution in [1.29, 1.82) is 0 Å². The Kier molecular flexibility index (Phi) is 4.37. The van der Waals surface area contributed by atoms with Gasteiger partial charge < -0.3 is 9.26 Å². The third-order valence-electron chi connectivity index (χ3n) is 2.74. The lowest BCUT2D eigenvalue weighted by molar-refractivity contribution is -0.386. The van der Waals surface area contributed by atoms with Gasteiger partial charge in [0.05, 0.1) is 11.0 Å². The van der Waals surface area contributed by atoms with Crippen molar-refractivity contribution in [2.45, 2.75) is 26.9 Å². The molecular weight excluding hydrogens is 272 g/mol. The van der Waals surface area contributed by atoms with Crippen molar-refractivity contribution in [1.82, 2.24) is 5.16 Å². The Morgan fingerprint density at radius 2 is 2.05 bits per heavy atom. The molecule has 6 nitrogen and oxygen atoms in total. The molecule has 1 heterocycles. The van der Waals surface area contributed by atoms with Crippen LogP contribution in [0.4, 0.5) is 5.69 Å². The van der Waals surface area contributed by atoms with Crippen molar-refractivity contribution in [3.05, 3.63) is 51.4 Å². The van der Waals surface area contributed by atoms with Gasteiger partial charge in [0, 0.05) is 5.56 Å². The minimum absolute atomic E-state index is 0.0430. The van der Waals surface area contributed by atoms with Gasteiger partial charge in [-0.2, -0.15) is 0 Å². The first-order chi connectivity index (χ1) is 9.99. The van der Waals surface area contributed by atoms with E-state index in [1.165, 1.54) is 13.0 Å². The van der Waals surface area contributed by atoms with Gasteiger partial charge in [-0.25, -0.2) is 0 Å². The molecule has 0 N–H and O–H groups in total. The molecule has 2 rings (SSSR count). The first-order valence-electron chi connectivity index (χ1n) is 6.53. The van der Waals surface area contributed by atoms with Crippen LogP contribution in [0.1, 0.15) is 30.9 Å². The highest BCUT2D eigenvalue weighted by atomic mass is 16.6. The summed E-state index contributed by atoms with van der Waals surface area (Å²) in [6.07, 6.45) is 3.28. The van der Waals surface area contributed by atoms with E-state index < -0.39 is 4.92 Å². The second-order valence-electron chi connectivity index (χ2n) is 4.78. The second kappa shape index (κ2) is 6.21. The van der Waals surface area contributed by atoms with Crippen molar-refractivity contribution >= 4 is 17.8 Å². The van der Waals surface area contributed by atoms with Crippen LogP contribution in [0.25, 0.3) is 12.2 Å². The molecule has 0 saturated heterocycles. The van der Waals surface area contributed by atoms with E-state index in [9.17, 15) is 10.1 Å². The second-order valence-corrected chi connectivity index (χ2v) is 4.78. The molecule has 0 atom stereocenters. The van der Waals surface area contributed by atoms with Gasteiger partial charge in [-0.05, 0) is 39.0 Å². The zero-order chi connectivity index (χ0) is 15.4. The summed E-state index contributed by atoms with van der Waals surface area (Å²) < 4.78 is 10.7. The SMILES string of the molecule is Cc1noc(/C=C/c2ccccc2OC(C)C)c1[N+](=O)[O-]. The molecule has 0 unspecified atom stereocenters. The lowest BCUT2D eigenvalue weighted by Gasteiger charge is -2.11. The van der Waals surface area contributed by atoms with E-state index in [2.05, 4.69) is 5.16 Å². The Hall–Kier alpha value is -2.63. The smallest absolute Gasteiger partial charge is 0.338 e. The van der Waals surface area contributed by atoms with E-state index in [0.29, 0.717) is 5.75 Å². The molecule has 0 aliphatic heterocycles. The predicted octanol–water partition coefficient (Wildman–Crippen LogP) is 3.85. The molecule has 0 fully saturated rings. The van der Waals surface area contributed by atoms with Crippen LogP contribution in [-0.4, -0.2) is 16.2 Å². The van der Waals surface area contributed by atoms with Crippen LogP contribution in [0.2, 0.25) is 0 Å². The fourth-order valence-corrected chi connectivity index (χ4v) is 1.86. The Morgan fingerprint density at radius 1 is 1.33 bits per heavy atom. The number of nitro groups is 1. The molecule has 0 bridgehead atoms. The number of hydrogen-bond acceptors (Lipinski definition) is 5. The van der Waals surface area contributed by atoms with E-state index in [-0.39, 0.29) is 23.2 Å². The van der Waals surface area contributed by atoms with Gasteiger partial charge in [0.15, 0.2) is 5.69 Å². The fraction of sp³-hybridized carbons (Fsp3) is 0.267. The lowest BCUT2D eigenvalue weighted by Crippen LogP contribution is -2.06. The van der Waals surface area contributed by atoms with Crippen LogP contribution in [0, 0.1) is 17.0 Å². The molecule has 0 amide bonds. The number of para-hydroxylation sites is 1. The van der Waals surface area contributed by atoms with Gasteiger partial charge in [-0.15, -0.1) is 0 Å². The quantitative estimate of drug-likeness (QED) is 0.616. The summed E-state index contributed by atoms with van der Waals surface area (Å²) in [4.78, 5) is 10.5. The summed E-state index contributed by atoms with van der Waals surface area (Å²) in [5, 5.41) is 14.6. The zero-order valence-corrected chi connectivity index (χ0v) is 12.1. The lowest BCUT2D eigenvalue weighted by atomic mass is 10.1. The van der Waals surface area contributed by atoms with E-state index >= 15 is 0 Å². The van der Waals surface area contributed by atoms with Crippen LogP contribution < -0.4 is 4.74 Å². The third kappa shape index (κ3) is 3.47. The third-order valence-corrected chi connectivity index (χ3v) is 2.74. The number of aryl methyl sites for hydroxylation is 1. The maximum Gasteiger partial charge on any atom is 0.338 e. The van der Waals surface area contributed by atoms with Gasteiger partial charge in [0.1, 0.15) is 5.75 Å². The Balaban J connectivity index is 2.32. The minimum atomic E-state index is -0.498. The highest BCUT2D eigenvalue weighted by Crippen LogP contribution is 2.26. The molecule has 1 aromatic heterocycles. The van der Waals surface area contributed by atoms with E-state index in [4.69, 9.17) is 9.26 Å². The van der Waals surface area contributed by atoms with E-state index in [1.807, 2.05) is 38.1 Å². The molecule has 0 radical (unpaired) electrons. The van der Waals surface area contributed by atoms with E-state index in [1.54, 1.807) is 6.08 Å². The monoisotopic (exact) mass is 288 g/mol. The van der Waals surface area contributed by atoms with Crippen LogP contribution in [0.5, 0.6) is 5.75 Å². The van der Waals surface area contributed by atoms with Gasteiger partial charge in [-0.1, -0.05) is 23.4 Å². The van der Waals surface area contributed by atoms with Gasteiger partial charge >= 0.3 is 5.69 Å². The summed E-state index contributed by atoms with van der Waals surface area (Å²) >= 11 is 0. The molecule has 0 saturated carbocycles. The summed E-state index contributed by atoms with van der Waals surface area (Å²) in [7, 11) is 0. The average molecular weight is 288 g/mol. The highest BCUT2D eigenvalue weighted by molar-refractivity contribution is 5.74. The predicted molar refractivity (Wildman–Crippen MR) is 79.0 cm³/mol. The van der Waals surface area contributed by atoms with Crippen LogP contribution in [-0.2, 0) is 0 Å². The number of aromatic nitrogens is 1. The van der Waals surface area contributed by atoms with Crippen LogP contribution >= 0.6 is 0 Å². The standard InChI is InChI=1S/C15H16N2O4/c1-10(2)20-13-7-5-4-6-12(13)8-9-14-15(17(18)19)11(3)16-21-14/h4-10H,1-3H3/b9-8+. The number of benzene rings is 1. The average Bonchev–Trinajstić information content (AvgIpc) is 2.78. The highest BCUT2D eigenvalue weighted by Gasteiger charge is 2.21. The fourth-order valence-electron chi connectivity index (χ4n) is 1.86. The zero-order valence-electron chi connectivity index (χ0n) is 12.1. The number of ether oxygens (including phenoxy) is 1. The van der Waals surface area contributed by atoms with Crippen molar-refractivity contribution in [2.24, 2.45) is 0 Å². The summed E-state index contributed by atoms with van der Waals surface area (Å²) in [5.74, 6) is 0.833. The molecule has 0 aliphatic rings. The molecule has 0 aliphatic carbocycles. The molecule has 110 valence electrons. The summed E-state index contributed by atoms with van der Waals surface area (Å²) in [6.45, 7) is 5.41. The molecule has 1 aromatic carbocycles. The van der Waals surface area contributed by atoms with Crippen LogP contribution in [0.15, 0.2) is 28.8 Å². The molecule has 2 aromatic rings. The maximum absolute atomic E-state index is 11.0. The van der Waals surface area contributed by atoms with E-state index in [0.717, 1.165) is 5.56 Å². The van der Waals surface area contributed by atoms with Crippen molar-refractivity contribution in [2.75, 3.05) is 0 Å². The number of hydrogen-bond donors (Lipinski definition) is 0. The van der Waals surface area contributed by atoms with Crippen molar-refractivity contribution in [3.63, 3.8) is 0 Å². The topological polar surface area (TPSA) is 78.4 Å². The van der Waals surface area contributed by atoms with Crippen molar-refractivity contribution < 1.29 is 14.2 Å². The maximum atomic E-state index is 11.0. The summed E-state index contributed by atoms with van der Waals surface area (Å²) in [5.41, 5.74) is 0.953. The normalized spacial score (nSPS) is 11.2. The van der Waals surface area contributed by atoms with Gasteiger partial charge in [-0.3, -0.25) is 10.1 Å². The molecule has 21 heavy (non-hydrogen) atoms. The first kappa shape index (κ1) is 14.8. The van der Waals surface area contributed by atoms with Gasteiger partial charge in [0.2, 0.25) is 5.76 Å². The number of rotatable bonds is 5. The largest absolute Gasteiger partial charge is 0.490 e. The Labute approximate surface area is 122 Å². The molecule has 6 heteroatoms. The Bertz CT molecular complexity index is 674. The molecular formula is C15H16N2O4. The molecule has 0 spiro atoms. The van der Waals surface area contributed by atoms with Gasteiger partial charge in [0.25, 0.3) is 0 Å².